The Morgan fingerprint density at radius 2 is 2.06 bits per heavy atom. The van der Waals surface area contributed by atoms with Gasteiger partial charge in [0.1, 0.15) is 11.5 Å². The molecule has 3 rings (SSSR count). The van der Waals surface area contributed by atoms with Gasteiger partial charge in [-0.1, -0.05) is 24.3 Å². The molecular weight excluding hydrogens is 339 g/mol. The minimum atomic E-state index is 0.332. The van der Waals surface area contributed by atoms with Crippen molar-refractivity contribution in [3.05, 3.63) is 57.7 Å². The third-order valence-electron chi connectivity index (χ3n) is 3.05. The lowest BCUT2D eigenvalue weighted by atomic mass is 10.0. The van der Waals surface area contributed by atoms with Crippen molar-refractivity contribution in [1.29, 1.82) is 0 Å². The first-order chi connectivity index (χ1) is 8.83. The van der Waals surface area contributed by atoms with Gasteiger partial charge in [0.2, 0.25) is 0 Å². The fourth-order valence-corrected chi connectivity index (χ4v) is 2.64. The number of halogens is 1. The van der Waals surface area contributed by atoms with Crippen molar-refractivity contribution in [2.24, 2.45) is 0 Å². The minimum absolute atomic E-state index is 0.332. The van der Waals surface area contributed by atoms with Gasteiger partial charge in [-0.2, -0.15) is 0 Å². The molecule has 1 heterocycles. The zero-order valence-corrected chi connectivity index (χ0v) is 12.0. The molecule has 0 fully saturated rings. The molecule has 1 aliphatic heterocycles. The van der Waals surface area contributed by atoms with Crippen LogP contribution in [-0.2, 0) is 0 Å². The second kappa shape index (κ2) is 5.18. The van der Waals surface area contributed by atoms with E-state index in [2.05, 4.69) is 34.7 Å². The zero-order valence-electron chi connectivity index (χ0n) is 9.80. The number of benzene rings is 2. The molecule has 0 amide bonds. The Hall–Kier alpha value is -1.23. The quantitative estimate of drug-likeness (QED) is 0.782. The SMILES string of the molecule is Ic1cccc(OCC2COc3ccccc32)c1. The predicted octanol–water partition coefficient (Wildman–Crippen LogP) is 3.85. The van der Waals surface area contributed by atoms with Crippen LogP contribution >= 0.6 is 22.6 Å². The maximum atomic E-state index is 5.84. The zero-order chi connectivity index (χ0) is 12.4. The molecule has 3 heteroatoms. The van der Waals surface area contributed by atoms with Gasteiger partial charge in [-0.05, 0) is 46.9 Å². The molecule has 2 aromatic rings. The van der Waals surface area contributed by atoms with E-state index in [-0.39, 0.29) is 0 Å². The van der Waals surface area contributed by atoms with Crippen LogP contribution in [0.1, 0.15) is 11.5 Å². The lowest BCUT2D eigenvalue weighted by molar-refractivity contribution is 0.248. The minimum Gasteiger partial charge on any atom is -0.493 e. The summed E-state index contributed by atoms with van der Waals surface area (Å²) in [6.45, 7) is 1.38. The number of hydrogen-bond donors (Lipinski definition) is 0. The molecule has 18 heavy (non-hydrogen) atoms. The second-order valence-electron chi connectivity index (χ2n) is 4.31. The third kappa shape index (κ3) is 2.46. The van der Waals surface area contributed by atoms with E-state index in [1.54, 1.807) is 0 Å². The molecule has 0 N–H and O–H groups in total. The lowest BCUT2D eigenvalue weighted by Gasteiger charge is -2.11. The van der Waals surface area contributed by atoms with Crippen molar-refractivity contribution in [3.8, 4) is 11.5 Å². The normalized spacial score (nSPS) is 17.1. The first-order valence-electron chi connectivity index (χ1n) is 5.93. The monoisotopic (exact) mass is 352 g/mol. The Bertz CT molecular complexity index is 554. The smallest absolute Gasteiger partial charge is 0.123 e. The highest BCUT2D eigenvalue weighted by molar-refractivity contribution is 14.1. The summed E-state index contributed by atoms with van der Waals surface area (Å²) in [5.41, 5.74) is 1.25. The van der Waals surface area contributed by atoms with E-state index in [0.29, 0.717) is 19.1 Å². The van der Waals surface area contributed by atoms with E-state index in [1.807, 2.05) is 36.4 Å². The van der Waals surface area contributed by atoms with Crippen LogP contribution < -0.4 is 9.47 Å². The lowest BCUT2D eigenvalue weighted by Crippen LogP contribution is -2.11. The molecule has 0 saturated carbocycles. The Morgan fingerprint density at radius 3 is 2.94 bits per heavy atom. The standard InChI is InChI=1S/C15H13IO2/c16-12-4-3-5-13(8-12)17-9-11-10-18-15-7-2-1-6-14(11)15/h1-8,11H,9-10H2. The summed E-state index contributed by atoms with van der Waals surface area (Å²) < 4.78 is 12.7. The summed E-state index contributed by atoms with van der Waals surface area (Å²) in [6, 6.07) is 16.3. The fraction of sp³-hybridized carbons (Fsp3) is 0.200. The largest absolute Gasteiger partial charge is 0.493 e. The topological polar surface area (TPSA) is 18.5 Å². The number of rotatable bonds is 3. The van der Waals surface area contributed by atoms with Gasteiger partial charge in [0.15, 0.2) is 0 Å². The van der Waals surface area contributed by atoms with Crippen molar-refractivity contribution in [2.45, 2.75) is 5.92 Å². The van der Waals surface area contributed by atoms with Gasteiger partial charge in [-0.25, -0.2) is 0 Å². The van der Waals surface area contributed by atoms with Gasteiger partial charge >= 0.3 is 0 Å². The molecule has 0 saturated heterocycles. The molecule has 2 aromatic carbocycles. The van der Waals surface area contributed by atoms with Crippen molar-refractivity contribution in [1.82, 2.24) is 0 Å². The molecule has 0 aromatic heterocycles. The van der Waals surface area contributed by atoms with Crippen LogP contribution in [0.5, 0.6) is 11.5 Å². The highest BCUT2D eigenvalue weighted by Crippen LogP contribution is 2.33. The van der Waals surface area contributed by atoms with E-state index in [1.165, 1.54) is 9.13 Å². The van der Waals surface area contributed by atoms with Crippen molar-refractivity contribution in [2.75, 3.05) is 13.2 Å². The fourth-order valence-electron chi connectivity index (χ4n) is 2.12. The maximum Gasteiger partial charge on any atom is 0.123 e. The molecule has 1 atom stereocenters. The summed E-state index contributed by atoms with van der Waals surface area (Å²) in [6.07, 6.45) is 0. The summed E-state index contributed by atoms with van der Waals surface area (Å²) >= 11 is 2.29. The van der Waals surface area contributed by atoms with Crippen molar-refractivity contribution >= 4 is 22.6 Å². The van der Waals surface area contributed by atoms with Crippen LogP contribution in [0.4, 0.5) is 0 Å². The molecule has 0 spiro atoms. The van der Waals surface area contributed by atoms with Gasteiger partial charge < -0.3 is 9.47 Å². The molecule has 0 aliphatic carbocycles. The molecule has 92 valence electrons. The first-order valence-corrected chi connectivity index (χ1v) is 7.01. The van der Waals surface area contributed by atoms with Gasteiger partial charge in [0.25, 0.3) is 0 Å². The van der Waals surface area contributed by atoms with Crippen LogP contribution in [0.3, 0.4) is 0 Å². The Kier molecular flexibility index (Phi) is 3.41. The molecule has 0 bridgehead atoms. The maximum absolute atomic E-state index is 5.84. The molecule has 1 unspecified atom stereocenters. The third-order valence-corrected chi connectivity index (χ3v) is 3.72. The number of ether oxygens (including phenoxy) is 2. The Labute approximate surface area is 120 Å². The van der Waals surface area contributed by atoms with E-state index in [9.17, 15) is 0 Å². The molecule has 0 radical (unpaired) electrons. The average molecular weight is 352 g/mol. The van der Waals surface area contributed by atoms with E-state index >= 15 is 0 Å². The average Bonchev–Trinajstić information content (AvgIpc) is 2.80. The molecule has 1 aliphatic rings. The van der Waals surface area contributed by atoms with Gasteiger partial charge in [-0.3, -0.25) is 0 Å². The van der Waals surface area contributed by atoms with Crippen molar-refractivity contribution < 1.29 is 9.47 Å². The summed E-state index contributed by atoms with van der Waals surface area (Å²) in [5.74, 6) is 2.25. The number of hydrogen-bond acceptors (Lipinski definition) is 2. The highest BCUT2D eigenvalue weighted by Gasteiger charge is 2.24. The van der Waals surface area contributed by atoms with Crippen LogP contribution in [0.2, 0.25) is 0 Å². The summed E-state index contributed by atoms with van der Waals surface area (Å²) in [7, 11) is 0. The molecular formula is C15H13IO2. The van der Waals surface area contributed by atoms with Crippen LogP contribution in [0.15, 0.2) is 48.5 Å². The van der Waals surface area contributed by atoms with Crippen molar-refractivity contribution in [3.63, 3.8) is 0 Å². The van der Waals surface area contributed by atoms with Crippen LogP contribution in [0.25, 0.3) is 0 Å². The predicted molar refractivity (Wildman–Crippen MR) is 79.3 cm³/mol. The first kappa shape index (κ1) is 11.8. The van der Waals surface area contributed by atoms with Gasteiger partial charge in [0.05, 0.1) is 19.1 Å². The van der Waals surface area contributed by atoms with E-state index in [0.717, 1.165) is 11.5 Å². The van der Waals surface area contributed by atoms with E-state index < -0.39 is 0 Å². The van der Waals surface area contributed by atoms with E-state index in [4.69, 9.17) is 9.47 Å². The Balaban J connectivity index is 1.69. The molecule has 2 nitrogen and oxygen atoms in total. The summed E-state index contributed by atoms with van der Waals surface area (Å²) in [5, 5.41) is 0. The van der Waals surface area contributed by atoms with Gasteiger partial charge in [0, 0.05) is 9.13 Å². The highest BCUT2D eigenvalue weighted by atomic mass is 127. The summed E-state index contributed by atoms with van der Waals surface area (Å²) in [4.78, 5) is 0. The van der Waals surface area contributed by atoms with Gasteiger partial charge in [-0.15, -0.1) is 0 Å². The van der Waals surface area contributed by atoms with Crippen LogP contribution in [-0.4, -0.2) is 13.2 Å². The number of fused-ring (bicyclic) bond motifs is 1. The van der Waals surface area contributed by atoms with Crippen LogP contribution in [0, 0.1) is 3.57 Å². The Morgan fingerprint density at radius 1 is 1.17 bits per heavy atom. The number of para-hydroxylation sites is 1. The second-order valence-corrected chi connectivity index (χ2v) is 5.56.